The molecule has 3 aromatic carbocycles. The summed E-state index contributed by atoms with van der Waals surface area (Å²) in [5, 5.41) is 0. The first-order chi connectivity index (χ1) is 14.7. The molecule has 0 saturated heterocycles. The van der Waals surface area contributed by atoms with Crippen LogP contribution in [-0.2, 0) is 10.0 Å². The first-order valence-corrected chi connectivity index (χ1v) is 11.1. The third-order valence-corrected chi connectivity index (χ3v) is 6.47. The molecule has 4 rings (SSSR count). The molecular formula is C23H22N2O5S. The lowest BCUT2D eigenvalue weighted by molar-refractivity contribution is 0.0993. The van der Waals surface area contributed by atoms with Gasteiger partial charge in [0.25, 0.3) is 15.9 Å². The van der Waals surface area contributed by atoms with Gasteiger partial charge in [-0.3, -0.25) is 9.52 Å². The van der Waals surface area contributed by atoms with Crippen LogP contribution in [0.5, 0.6) is 17.2 Å². The van der Waals surface area contributed by atoms with Crippen molar-refractivity contribution < 1.29 is 22.7 Å². The average molecular weight is 439 g/mol. The van der Waals surface area contributed by atoms with Crippen molar-refractivity contribution in [2.45, 2.75) is 18.7 Å². The Morgan fingerprint density at radius 3 is 2.35 bits per heavy atom. The predicted octanol–water partition coefficient (Wildman–Crippen LogP) is 4.50. The normalized spacial score (nSPS) is 13.0. The quantitative estimate of drug-likeness (QED) is 0.649. The summed E-state index contributed by atoms with van der Waals surface area (Å²) in [6.45, 7) is 3.73. The first-order valence-electron chi connectivity index (χ1n) is 9.57. The molecule has 1 aliphatic heterocycles. The lowest BCUT2D eigenvalue weighted by atomic mass is 10.1. The number of ether oxygens (including phenoxy) is 2. The number of nitrogens with one attached hydrogen (secondary N) is 1. The summed E-state index contributed by atoms with van der Waals surface area (Å²) in [6, 6.07) is 15.1. The van der Waals surface area contributed by atoms with Gasteiger partial charge < -0.3 is 14.4 Å². The zero-order valence-corrected chi connectivity index (χ0v) is 18.4. The SMILES string of the molecule is COc1ccc(C)cc1S(=O)(=O)Nc1ccc2c(c1)C(=O)N(C)c1cc(C)ccc1O2. The standard InChI is InChI=1S/C23H22N2O5S/c1-14-5-8-20-18(11-14)25(3)23(26)17-13-16(7-10-19(17)30-20)24-31(27,28)22-12-15(2)6-9-21(22)29-4/h5-13,24H,1-4H3. The molecule has 0 saturated carbocycles. The van der Waals surface area contributed by atoms with E-state index in [1.165, 1.54) is 24.1 Å². The Labute approximate surface area is 181 Å². The van der Waals surface area contributed by atoms with Gasteiger partial charge in [-0.15, -0.1) is 0 Å². The predicted molar refractivity (Wildman–Crippen MR) is 119 cm³/mol. The van der Waals surface area contributed by atoms with E-state index in [-0.39, 0.29) is 27.8 Å². The number of carbonyl (C=O) groups is 1. The zero-order chi connectivity index (χ0) is 22.3. The number of aryl methyl sites for hydroxylation is 2. The number of hydrogen-bond donors (Lipinski definition) is 1. The molecule has 3 aromatic rings. The second kappa shape index (κ2) is 7.63. The van der Waals surface area contributed by atoms with Crippen molar-refractivity contribution in [3.8, 4) is 17.2 Å². The van der Waals surface area contributed by atoms with Crippen molar-refractivity contribution in [3.05, 3.63) is 71.3 Å². The number of nitrogens with zero attached hydrogens (tertiary/aromatic N) is 1. The molecule has 0 fully saturated rings. The summed E-state index contributed by atoms with van der Waals surface area (Å²) < 4.78 is 39.7. The summed E-state index contributed by atoms with van der Waals surface area (Å²) in [4.78, 5) is 14.6. The summed E-state index contributed by atoms with van der Waals surface area (Å²) >= 11 is 0. The van der Waals surface area contributed by atoms with Crippen LogP contribution in [0.3, 0.4) is 0 Å². The molecule has 1 amide bonds. The van der Waals surface area contributed by atoms with Gasteiger partial charge in [-0.25, -0.2) is 8.42 Å². The molecule has 31 heavy (non-hydrogen) atoms. The molecule has 8 heteroatoms. The molecule has 160 valence electrons. The zero-order valence-electron chi connectivity index (χ0n) is 17.6. The van der Waals surface area contributed by atoms with Gasteiger partial charge in [-0.05, 0) is 67.4 Å². The molecule has 0 aromatic heterocycles. The van der Waals surface area contributed by atoms with Crippen LogP contribution < -0.4 is 19.1 Å². The van der Waals surface area contributed by atoms with Crippen LogP contribution in [0.15, 0.2) is 59.5 Å². The third-order valence-electron chi connectivity index (χ3n) is 5.07. The van der Waals surface area contributed by atoms with Gasteiger partial charge in [0, 0.05) is 12.7 Å². The van der Waals surface area contributed by atoms with Crippen LogP contribution in [0.2, 0.25) is 0 Å². The van der Waals surface area contributed by atoms with Crippen LogP contribution in [0.25, 0.3) is 0 Å². The summed E-state index contributed by atoms with van der Waals surface area (Å²) in [6.07, 6.45) is 0. The average Bonchev–Trinajstić information content (AvgIpc) is 2.83. The minimum absolute atomic E-state index is 0.0208. The van der Waals surface area contributed by atoms with Crippen molar-refractivity contribution in [1.29, 1.82) is 0 Å². The van der Waals surface area contributed by atoms with Crippen molar-refractivity contribution in [1.82, 2.24) is 0 Å². The monoisotopic (exact) mass is 438 g/mol. The largest absolute Gasteiger partial charge is 0.495 e. The summed E-state index contributed by atoms with van der Waals surface area (Å²) in [5.74, 6) is 0.847. The van der Waals surface area contributed by atoms with Gasteiger partial charge in [0.15, 0.2) is 5.75 Å². The Bertz CT molecular complexity index is 1300. The van der Waals surface area contributed by atoms with E-state index in [4.69, 9.17) is 9.47 Å². The first kappa shape index (κ1) is 20.7. The Hall–Kier alpha value is -3.52. The number of hydrogen-bond acceptors (Lipinski definition) is 5. The van der Waals surface area contributed by atoms with Gasteiger partial charge in [0.1, 0.15) is 16.4 Å². The Balaban J connectivity index is 1.72. The number of benzene rings is 3. The lowest BCUT2D eigenvalue weighted by Crippen LogP contribution is -2.25. The maximum Gasteiger partial charge on any atom is 0.265 e. The van der Waals surface area contributed by atoms with Crippen LogP contribution in [-0.4, -0.2) is 28.5 Å². The van der Waals surface area contributed by atoms with Gasteiger partial charge >= 0.3 is 0 Å². The fraction of sp³-hybridized carbons (Fsp3) is 0.174. The van der Waals surface area contributed by atoms with Crippen LogP contribution in [0.4, 0.5) is 11.4 Å². The number of rotatable bonds is 4. The number of fused-ring (bicyclic) bond motifs is 2. The van der Waals surface area contributed by atoms with Crippen molar-refractivity contribution >= 4 is 27.3 Å². The van der Waals surface area contributed by atoms with Crippen LogP contribution >= 0.6 is 0 Å². The van der Waals surface area contributed by atoms with Crippen molar-refractivity contribution in [2.24, 2.45) is 0 Å². The number of sulfonamides is 1. The van der Waals surface area contributed by atoms with Gasteiger partial charge in [0.05, 0.1) is 18.4 Å². The topological polar surface area (TPSA) is 84.9 Å². The highest BCUT2D eigenvalue weighted by atomic mass is 32.2. The van der Waals surface area contributed by atoms with Gasteiger partial charge in [-0.1, -0.05) is 12.1 Å². The Morgan fingerprint density at radius 1 is 0.935 bits per heavy atom. The smallest absolute Gasteiger partial charge is 0.265 e. The molecular weight excluding hydrogens is 416 g/mol. The van der Waals surface area contributed by atoms with E-state index in [0.29, 0.717) is 17.2 Å². The highest BCUT2D eigenvalue weighted by molar-refractivity contribution is 7.92. The molecule has 1 N–H and O–H groups in total. The highest BCUT2D eigenvalue weighted by Crippen LogP contribution is 2.40. The number of methoxy groups -OCH3 is 1. The van der Waals surface area contributed by atoms with Crippen LogP contribution in [0, 0.1) is 13.8 Å². The van der Waals surface area contributed by atoms with Crippen molar-refractivity contribution in [2.75, 3.05) is 23.8 Å². The van der Waals surface area contributed by atoms with E-state index in [1.54, 1.807) is 38.2 Å². The highest BCUT2D eigenvalue weighted by Gasteiger charge is 2.27. The molecule has 0 radical (unpaired) electrons. The minimum atomic E-state index is -3.95. The lowest BCUT2D eigenvalue weighted by Gasteiger charge is -2.17. The molecule has 0 aliphatic carbocycles. The molecule has 0 unspecified atom stereocenters. The minimum Gasteiger partial charge on any atom is -0.495 e. The van der Waals surface area contributed by atoms with Crippen molar-refractivity contribution in [3.63, 3.8) is 0 Å². The Kier molecular flexibility index (Phi) is 5.10. The van der Waals surface area contributed by atoms with Crippen LogP contribution in [0.1, 0.15) is 21.5 Å². The molecule has 1 heterocycles. The third kappa shape index (κ3) is 3.82. The van der Waals surface area contributed by atoms with E-state index in [0.717, 1.165) is 11.1 Å². The Morgan fingerprint density at radius 2 is 1.61 bits per heavy atom. The second-order valence-corrected chi connectivity index (χ2v) is 9.06. The van der Waals surface area contributed by atoms with E-state index >= 15 is 0 Å². The maximum absolute atomic E-state index is 13.1. The second-order valence-electron chi connectivity index (χ2n) is 7.41. The van der Waals surface area contributed by atoms with E-state index in [1.807, 2.05) is 25.1 Å². The van der Waals surface area contributed by atoms with E-state index in [2.05, 4.69) is 4.72 Å². The number of amides is 1. The van der Waals surface area contributed by atoms with Gasteiger partial charge in [-0.2, -0.15) is 0 Å². The van der Waals surface area contributed by atoms with E-state index in [9.17, 15) is 13.2 Å². The molecule has 0 atom stereocenters. The summed E-state index contributed by atoms with van der Waals surface area (Å²) in [7, 11) is -0.871. The molecule has 7 nitrogen and oxygen atoms in total. The fourth-order valence-electron chi connectivity index (χ4n) is 3.44. The number of anilines is 2. The number of carbonyl (C=O) groups excluding carboxylic acids is 1. The van der Waals surface area contributed by atoms with E-state index < -0.39 is 10.0 Å². The molecule has 0 bridgehead atoms. The summed E-state index contributed by atoms with van der Waals surface area (Å²) in [5.41, 5.74) is 2.92. The fourth-order valence-corrected chi connectivity index (χ4v) is 4.74. The van der Waals surface area contributed by atoms with Gasteiger partial charge in [0.2, 0.25) is 0 Å². The molecule has 0 spiro atoms. The maximum atomic E-state index is 13.1. The molecule has 1 aliphatic rings.